The Morgan fingerprint density at radius 3 is 2.73 bits per heavy atom. The van der Waals surface area contributed by atoms with Crippen molar-refractivity contribution >= 4 is 0 Å². The molecule has 1 atom stereocenters. The molecule has 1 aromatic carbocycles. The normalized spacial score (nSPS) is 19.0. The number of aryl methyl sites for hydroxylation is 2. The highest BCUT2D eigenvalue weighted by atomic mass is 19.1. The van der Waals surface area contributed by atoms with Crippen LogP contribution >= 0.6 is 0 Å². The van der Waals surface area contributed by atoms with Crippen LogP contribution in [0, 0.1) is 19.8 Å². The predicted octanol–water partition coefficient (Wildman–Crippen LogP) is 3.79. The molecule has 0 amide bonds. The van der Waals surface area contributed by atoms with E-state index in [1.165, 1.54) is 5.56 Å². The first-order valence-electron chi connectivity index (χ1n) is 7.97. The lowest BCUT2D eigenvalue weighted by atomic mass is 10.1. The van der Waals surface area contributed by atoms with Crippen molar-refractivity contribution in [2.75, 3.05) is 26.3 Å². The highest BCUT2D eigenvalue weighted by molar-refractivity contribution is 5.54. The number of hydrogen-bond donors (Lipinski definition) is 0. The number of hydrogen-bond acceptors (Lipinski definition) is 3. The van der Waals surface area contributed by atoms with E-state index in [-0.39, 0.29) is 12.6 Å². The summed E-state index contributed by atoms with van der Waals surface area (Å²) in [4.78, 5) is 6.97. The number of alkyl halides is 1. The third-order valence-corrected chi connectivity index (χ3v) is 4.44. The van der Waals surface area contributed by atoms with Crippen LogP contribution in [0.5, 0.6) is 0 Å². The molecule has 1 fully saturated rings. The maximum atomic E-state index is 12.7. The Labute approximate surface area is 131 Å². The number of aromatic nitrogens is 1. The summed E-state index contributed by atoms with van der Waals surface area (Å²) in [7, 11) is 0. The Bertz CT molecular complexity index is 621. The minimum atomic E-state index is -0.197. The van der Waals surface area contributed by atoms with Gasteiger partial charge in [-0.1, -0.05) is 17.7 Å². The SMILES string of the molecule is Cc1ccc(-c2nc(CCN3CCC(CF)C3)c(C)o2)cc1. The molecular formula is C18H23FN2O. The van der Waals surface area contributed by atoms with Crippen molar-refractivity contribution in [1.82, 2.24) is 9.88 Å². The Morgan fingerprint density at radius 1 is 1.27 bits per heavy atom. The first-order chi connectivity index (χ1) is 10.7. The summed E-state index contributed by atoms with van der Waals surface area (Å²) in [5.74, 6) is 1.80. The molecule has 3 rings (SSSR count). The van der Waals surface area contributed by atoms with Crippen molar-refractivity contribution in [3.05, 3.63) is 41.3 Å². The summed E-state index contributed by atoms with van der Waals surface area (Å²) in [6.07, 6.45) is 1.84. The van der Waals surface area contributed by atoms with Gasteiger partial charge in [-0.05, 0) is 38.9 Å². The highest BCUT2D eigenvalue weighted by Gasteiger charge is 2.22. The Kier molecular flexibility index (Phi) is 4.57. The second kappa shape index (κ2) is 6.61. The van der Waals surface area contributed by atoms with Gasteiger partial charge < -0.3 is 9.32 Å². The van der Waals surface area contributed by atoms with Gasteiger partial charge in [0, 0.05) is 31.0 Å². The standard InChI is InChI=1S/C18H23FN2O/c1-13-3-5-16(6-4-13)18-20-17(14(2)22-18)8-10-21-9-7-15(11-19)12-21/h3-6,15H,7-12H2,1-2H3. The molecule has 1 saturated heterocycles. The third kappa shape index (κ3) is 3.38. The van der Waals surface area contributed by atoms with Gasteiger partial charge in [0.15, 0.2) is 0 Å². The second-order valence-corrected chi connectivity index (χ2v) is 6.25. The van der Waals surface area contributed by atoms with E-state index >= 15 is 0 Å². The van der Waals surface area contributed by atoms with E-state index in [0.29, 0.717) is 5.89 Å². The molecule has 1 aliphatic rings. The monoisotopic (exact) mass is 302 g/mol. The lowest BCUT2D eigenvalue weighted by molar-refractivity contribution is 0.304. The summed E-state index contributed by atoms with van der Waals surface area (Å²) in [6, 6.07) is 8.21. The molecule has 118 valence electrons. The number of benzene rings is 1. The second-order valence-electron chi connectivity index (χ2n) is 6.25. The average Bonchev–Trinajstić information content (AvgIpc) is 3.12. The van der Waals surface area contributed by atoms with E-state index in [9.17, 15) is 4.39 Å². The van der Waals surface area contributed by atoms with Crippen molar-refractivity contribution in [3.8, 4) is 11.5 Å². The zero-order valence-corrected chi connectivity index (χ0v) is 13.3. The fraction of sp³-hybridized carbons (Fsp3) is 0.500. The zero-order chi connectivity index (χ0) is 15.5. The van der Waals surface area contributed by atoms with Crippen LogP contribution in [0.25, 0.3) is 11.5 Å². The molecule has 0 saturated carbocycles. The molecule has 3 nitrogen and oxygen atoms in total. The average molecular weight is 302 g/mol. The van der Waals surface area contributed by atoms with Crippen LogP contribution in [-0.2, 0) is 6.42 Å². The minimum absolute atomic E-state index is 0.197. The first kappa shape index (κ1) is 15.2. The van der Waals surface area contributed by atoms with Gasteiger partial charge in [-0.15, -0.1) is 0 Å². The molecule has 0 aliphatic carbocycles. The van der Waals surface area contributed by atoms with Gasteiger partial charge in [-0.3, -0.25) is 4.39 Å². The van der Waals surface area contributed by atoms with Crippen molar-refractivity contribution in [2.45, 2.75) is 26.7 Å². The smallest absolute Gasteiger partial charge is 0.226 e. The molecule has 0 N–H and O–H groups in total. The van der Waals surface area contributed by atoms with Gasteiger partial charge in [0.05, 0.1) is 12.4 Å². The fourth-order valence-corrected chi connectivity index (χ4v) is 2.99. The van der Waals surface area contributed by atoms with E-state index in [4.69, 9.17) is 4.42 Å². The van der Waals surface area contributed by atoms with Gasteiger partial charge in [-0.25, -0.2) is 4.98 Å². The van der Waals surface area contributed by atoms with Crippen LogP contribution in [0.4, 0.5) is 4.39 Å². The van der Waals surface area contributed by atoms with Gasteiger partial charge in [0.25, 0.3) is 0 Å². The maximum absolute atomic E-state index is 12.7. The maximum Gasteiger partial charge on any atom is 0.226 e. The quantitative estimate of drug-likeness (QED) is 0.841. The molecule has 2 aromatic rings. The Balaban J connectivity index is 1.64. The van der Waals surface area contributed by atoms with Crippen molar-refractivity contribution in [2.24, 2.45) is 5.92 Å². The predicted molar refractivity (Wildman–Crippen MR) is 85.6 cm³/mol. The van der Waals surface area contributed by atoms with Gasteiger partial charge in [0.1, 0.15) is 5.76 Å². The van der Waals surface area contributed by atoms with Crippen molar-refractivity contribution in [1.29, 1.82) is 0 Å². The summed E-state index contributed by atoms with van der Waals surface area (Å²) in [6.45, 7) is 6.63. The summed E-state index contributed by atoms with van der Waals surface area (Å²) < 4.78 is 18.5. The molecule has 4 heteroatoms. The van der Waals surface area contributed by atoms with E-state index in [1.807, 2.05) is 19.1 Å². The van der Waals surface area contributed by atoms with E-state index in [2.05, 4.69) is 28.9 Å². The van der Waals surface area contributed by atoms with Gasteiger partial charge in [0.2, 0.25) is 5.89 Å². The van der Waals surface area contributed by atoms with Crippen molar-refractivity contribution < 1.29 is 8.81 Å². The number of halogens is 1. The molecule has 1 unspecified atom stereocenters. The third-order valence-electron chi connectivity index (χ3n) is 4.44. The van der Waals surface area contributed by atoms with E-state index < -0.39 is 0 Å². The summed E-state index contributed by atoms with van der Waals surface area (Å²) in [5, 5.41) is 0. The lowest BCUT2D eigenvalue weighted by Crippen LogP contribution is -2.24. The van der Waals surface area contributed by atoms with Crippen LogP contribution < -0.4 is 0 Å². The number of oxazole rings is 1. The zero-order valence-electron chi connectivity index (χ0n) is 13.3. The molecular weight excluding hydrogens is 279 g/mol. The van der Waals surface area contributed by atoms with Crippen LogP contribution in [0.3, 0.4) is 0 Å². The molecule has 0 bridgehead atoms. The number of likely N-dealkylation sites (tertiary alicyclic amines) is 1. The number of rotatable bonds is 5. The van der Waals surface area contributed by atoms with Crippen LogP contribution in [0.2, 0.25) is 0 Å². The Morgan fingerprint density at radius 2 is 2.05 bits per heavy atom. The molecule has 0 spiro atoms. The Hall–Kier alpha value is -1.68. The molecule has 2 heterocycles. The molecule has 0 radical (unpaired) electrons. The van der Waals surface area contributed by atoms with Gasteiger partial charge in [-0.2, -0.15) is 0 Å². The lowest BCUT2D eigenvalue weighted by Gasteiger charge is -2.14. The minimum Gasteiger partial charge on any atom is -0.441 e. The molecule has 1 aliphatic heterocycles. The van der Waals surface area contributed by atoms with Crippen molar-refractivity contribution in [3.63, 3.8) is 0 Å². The topological polar surface area (TPSA) is 29.3 Å². The van der Waals surface area contributed by atoms with E-state index in [1.54, 1.807) is 0 Å². The van der Waals surface area contributed by atoms with E-state index in [0.717, 1.165) is 49.5 Å². The molecule has 1 aromatic heterocycles. The molecule has 22 heavy (non-hydrogen) atoms. The van der Waals surface area contributed by atoms with Crippen LogP contribution in [-0.4, -0.2) is 36.2 Å². The summed E-state index contributed by atoms with van der Waals surface area (Å²) >= 11 is 0. The summed E-state index contributed by atoms with van der Waals surface area (Å²) in [5.41, 5.74) is 3.25. The fourth-order valence-electron chi connectivity index (χ4n) is 2.99. The van der Waals surface area contributed by atoms with Crippen LogP contribution in [0.15, 0.2) is 28.7 Å². The van der Waals surface area contributed by atoms with Gasteiger partial charge >= 0.3 is 0 Å². The largest absolute Gasteiger partial charge is 0.441 e. The highest BCUT2D eigenvalue weighted by Crippen LogP contribution is 2.23. The number of nitrogens with zero attached hydrogens (tertiary/aromatic N) is 2. The first-order valence-corrected chi connectivity index (χ1v) is 7.97. The van der Waals surface area contributed by atoms with Crippen LogP contribution in [0.1, 0.15) is 23.4 Å².